The second kappa shape index (κ2) is 9.19. The molecule has 4 nitrogen and oxygen atoms in total. The van der Waals surface area contributed by atoms with Crippen molar-refractivity contribution in [3.8, 4) is 5.75 Å². The highest BCUT2D eigenvalue weighted by molar-refractivity contribution is 5.81. The lowest BCUT2D eigenvalue weighted by Gasteiger charge is -2.13. The monoisotopic (exact) mass is 292 g/mol. The van der Waals surface area contributed by atoms with E-state index in [0.717, 1.165) is 6.42 Å². The molecule has 0 bridgehead atoms. The number of ether oxygens (including phenoxy) is 2. The van der Waals surface area contributed by atoms with Crippen molar-refractivity contribution in [2.24, 2.45) is 0 Å². The fourth-order valence-electron chi connectivity index (χ4n) is 1.73. The van der Waals surface area contributed by atoms with Gasteiger partial charge in [0, 0.05) is 6.08 Å². The molecule has 0 spiro atoms. The first-order valence-electron chi connectivity index (χ1n) is 7.27. The molecular weight excluding hydrogens is 268 g/mol. The van der Waals surface area contributed by atoms with Gasteiger partial charge in [-0.1, -0.05) is 32.1 Å². The number of rotatable bonds is 8. The van der Waals surface area contributed by atoms with Crippen LogP contribution in [0.1, 0.15) is 38.7 Å². The van der Waals surface area contributed by atoms with Crippen LogP contribution in [-0.2, 0) is 9.53 Å². The van der Waals surface area contributed by atoms with Crippen LogP contribution >= 0.6 is 0 Å². The zero-order valence-electron chi connectivity index (χ0n) is 12.9. The molecule has 0 aliphatic rings. The summed E-state index contributed by atoms with van der Waals surface area (Å²) >= 11 is 0. The summed E-state index contributed by atoms with van der Waals surface area (Å²) in [4.78, 5) is 11.1. The van der Waals surface area contributed by atoms with Gasteiger partial charge in [-0.05, 0) is 37.0 Å². The Morgan fingerprint density at radius 3 is 2.52 bits per heavy atom. The Kier molecular flexibility index (Phi) is 7.54. The number of aliphatic hydroxyl groups is 1. The third-order valence-corrected chi connectivity index (χ3v) is 3.22. The van der Waals surface area contributed by atoms with E-state index in [2.05, 4.69) is 13.8 Å². The summed E-state index contributed by atoms with van der Waals surface area (Å²) < 4.78 is 10.3. The Balaban J connectivity index is 2.35. The van der Waals surface area contributed by atoms with Crippen molar-refractivity contribution < 1.29 is 19.4 Å². The van der Waals surface area contributed by atoms with Gasteiger partial charge in [-0.2, -0.15) is 0 Å². The van der Waals surface area contributed by atoms with Gasteiger partial charge in [-0.25, -0.2) is 4.79 Å². The van der Waals surface area contributed by atoms with Crippen LogP contribution in [0, 0.1) is 0 Å². The van der Waals surface area contributed by atoms with Gasteiger partial charge in [0.1, 0.15) is 25.1 Å². The first-order valence-corrected chi connectivity index (χ1v) is 7.27. The van der Waals surface area contributed by atoms with Crippen molar-refractivity contribution in [2.45, 2.75) is 39.2 Å². The van der Waals surface area contributed by atoms with Crippen LogP contribution in [0.25, 0.3) is 0 Å². The van der Waals surface area contributed by atoms with E-state index in [1.54, 1.807) is 13.0 Å². The molecule has 0 amide bonds. The van der Waals surface area contributed by atoms with Crippen molar-refractivity contribution in [1.29, 1.82) is 0 Å². The van der Waals surface area contributed by atoms with Crippen LogP contribution in [0.15, 0.2) is 36.4 Å². The standard InChI is InChI=1S/C17H24O4/c1-4-6-17(19)21-12-15(18)11-20-16-9-7-14(8-10-16)13(3)5-2/h4,6-10,13,15,18H,5,11-12H2,1-3H3. The highest BCUT2D eigenvalue weighted by Crippen LogP contribution is 2.21. The molecule has 0 aliphatic heterocycles. The molecular formula is C17H24O4. The lowest BCUT2D eigenvalue weighted by molar-refractivity contribution is -0.141. The van der Waals surface area contributed by atoms with Gasteiger partial charge in [0.25, 0.3) is 0 Å². The topological polar surface area (TPSA) is 55.8 Å². The smallest absolute Gasteiger partial charge is 0.330 e. The van der Waals surface area contributed by atoms with Gasteiger partial charge in [0.15, 0.2) is 0 Å². The summed E-state index contributed by atoms with van der Waals surface area (Å²) in [6.07, 6.45) is 3.15. The lowest BCUT2D eigenvalue weighted by Crippen LogP contribution is -2.24. The number of allylic oxidation sites excluding steroid dienone is 1. The van der Waals surface area contributed by atoms with E-state index in [1.165, 1.54) is 11.6 Å². The van der Waals surface area contributed by atoms with Crippen molar-refractivity contribution in [3.63, 3.8) is 0 Å². The molecule has 21 heavy (non-hydrogen) atoms. The molecule has 0 aromatic heterocycles. The van der Waals surface area contributed by atoms with Crippen molar-refractivity contribution in [2.75, 3.05) is 13.2 Å². The molecule has 1 aromatic rings. The number of carbonyl (C=O) groups excluding carboxylic acids is 1. The van der Waals surface area contributed by atoms with E-state index < -0.39 is 12.1 Å². The predicted octanol–water partition coefficient (Wildman–Crippen LogP) is 3.06. The van der Waals surface area contributed by atoms with E-state index in [0.29, 0.717) is 11.7 Å². The van der Waals surface area contributed by atoms with Gasteiger partial charge in [0.2, 0.25) is 0 Å². The molecule has 116 valence electrons. The molecule has 0 radical (unpaired) electrons. The van der Waals surface area contributed by atoms with Crippen LogP contribution in [0.5, 0.6) is 5.75 Å². The largest absolute Gasteiger partial charge is 0.491 e. The first-order chi connectivity index (χ1) is 10.1. The van der Waals surface area contributed by atoms with Gasteiger partial charge in [-0.3, -0.25) is 0 Å². The van der Waals surface area contributed by atoms with Crippen LogP contribution in [0.4, 0.5) is 0 Å². The molecule has 0 heterocycles. The lowest BCUT2D eigenvalue weighted by atomic mass is 9.99. The maximum Gasteiger partial charge on any atom is 0.330 e. The molecule has 4 heteroatoms. The number of hydrogen-bond acceptors (Lipinski definition) is 4. The average molecular weight is 292 g/mol. The predicted molar refractivity (Wildman–Crippen MR) is 82.4 cm³/mol. The summed E-state index contributed by atoms with van der Waals surface area (Å²) in [6.45, 7) is 6.07. The molecule has 0 saturated carbocycles. The van der Waals surface area contributed by atoms with Crippen molar-refractivity contribution in [3.05, 3.63) is 42.0 Å². The van der Waals surface area contributed by atoms with Crippen LogP contribution in [-0.4, -0.2) is 30.4 Å². The Morgan fingerprint density at radius 1 is 1.29 bits per heavy atom. The molecule has 2 unspecified atom stereocenters. The average Bonchev–Trinajstić information content (AvgIpc) is 2.51. The molecule has 0 aliphatic carbocycles. The van der Waals surface area contributed by atoms with Gasteiger partial charge >= 0.3 is 5.97 Å². The number of carbonyl (C=O) groups is 1. The van der Waals surface area contributed by atoms with Gasteiger partial charge < -0.3 is 14.6 Å². The van der Waals surface area contributed by atoms with E-state index in [-0.39, 0.29) is 13.2 Å². The molecule has 2 atom stereocenters. The summed E-state index contributed by atoms with van der Waals surface area (Å²) in [5.74, 6) is 0.756. The van der Waals surface area contributed by atoms with Gasteiger partial charge in [0.05, 0.1) is 0 Å². The first kappa shape index (κ1) is 17.2. The van der Waals surface area contributed by atoms with E-state index >= 15 is 0 Å². The van der Waals surface area contributed by atoms with Crippen molar-refractivity contribution >= 4 is 5.97 Å². The van der Waals surface area contributed by atoms with Gasteiger partial charge in [-0.15, -0.1) is 0 Å². The number of benzene rings is 1. The van der Waals surface area contributed by atoms with Crippen LogP contribution in [0.2, 0.25) is 0 Å². The maximum absolute atomic E-state index is 11.1. The normalized spacial score (nSPS) is 13.9. The number of esters is 1. The summed E-state index contributed by atoms with van der Waals surface area (Å²) in [5.41, 5.74) is 1.27. The van der Waals surface area contributed by atoms with E-state index in [1.807, 2.05) is 24.3 Å². The second-order valence-electron chi connectivity index (χ2n) is 4.97. The summed E-state index contributed by atoms with van der Waals surface area (Å²) in [6, 6.07) is 7.84. The fraction of sp³-hybridized carbons (Fsp3) is 0.471. The third-order valence-electron chi connectivity index (χ3n) is 3.22. The van der Waals surface area contributed by atoms with Crippen LogP contribution < -0.4 is 4.74 Å². The Labute approximate surface area is 126 Å². The summed E-state index contributed by atoms with van der Waals surface area (Å²) in [5, 5.41) is 9.68. The molecule has 1 aromatic carbocycles. The zero-order chi connectivity index (χ0) is 15.7. The Morgan fingerprint density at radius 2 is 1.95 bits per heavy atom. The quantitative estimate of drug-likeness (QED) is 0.591. The minimum Gasteiger partial charge on any atom is -0.491 e. The molecule has 0 saturated heterocycles. The maximum atomic E-state index is 11.1. The fourth-order valence-corrected chi connectivity index (χ4v) is 1.73. The molecule has 0 fully saturated rings. The molecule has 1 rings (SSSR count). The van der Waals surface area contributed by atoms with E-state index in [9.17, 15) is 9.90 Å². The zero-order valence-corrected chi connectivity index (χ0v) is 12.9. The third kappa shape index (κ3) is 6.45. The van der Waals surface area contributed by atoms with Crippen LogP contribution in [0.3, 0.4) is 0 Å². The summed E-state index contributed by atoms with van der Waals surface area (Å²) in [7, 11) is 0. The number of hydrogen-bond donors (Lipinski definition) is 1. The Bertz CT molecular complexity index is 450. The minimum absolute atomic E-state index is 0.0753. The Hall–Kier alpha value is -1.81. The highest BCUT2D eigenvalue weighted by atomic mass is 16.5. The van der Waals surface area contributed by atoms with E-state index in [4.69, 9.17) is 9.47 Å². The SMILES string of the molecule is CC=CC(=O)OCC(O)COc1ccc(C(C)CC)cc1. The van der Waals surface area contributed by atoms with Crippen molar-refractivity contribution in [1.82, 2.24) is 0 Å². The second-order valence-corrected chi connectivity index (χ2v) is 4.97. The minimum atomic E-state index is -0.839. The number of aliphatic hydroxyl groups excluding tert-OH is 1. The molecule has 1 N–H and O–H groups in total. The highest BCUT2D eigenvalue weighted by Gasteiger charge is 2.08.